The molecule has 3 rings (SSSR count). The van der Waals surface area contributed by atoms with Gasteiger partial charge in [0.25, 0.3) is 0 Å². The summed E-state index contributed by atoms with van der Waals surface area (Å²) in [6.45, 7) is 0.671. The van der Waals surface area contributed by atoms with Crippen molar-refractivity contribution < 1.29 is 0 Å². The summed E-state index contributed by atoms with van der Waals surface area (Å²) < 4.78 is 2.06. The van der Waals surface area contributed by atoms with Gasteiger partial charge in [0.05, 0.1) is 0 Å². The van der Waals surface area contributed by atoms with Crippen molar-refractivity contribution in [2.75, 3.05) is 0 Å². The maximum atomic E-state index is 4.08. The van der Waals surface area contributed by atoms with Crippen molar-refractivity contribution in [2.24, 2.45) is 10.2 Å². The van der Waals surface area contributed by atoms with E-state index >= 15 is 0 Å². The molecule has 1 aromatic heterocycles. The predicted molar refractivity (Wildman–Crippen MR) is 46.5 cm³/mol. The Morgan fingerprint density at radius 1 is 1.25 bits per heavy atom. The van der Waals surface area contributed by atoms with Crippen LogP contribution in [0, 0.1) is 0 Å². The smallest absolute Gasteiger partial charge is 0.164 e. The van der Waals surface area contributed by atoms with Gasteiger partial charge in [0, 0.05) is 17.0 Å². The van der Waals surface area contributed by atoms with Crippen LogP contribution in [0.2, 0.25) is 0 Å². The maximum absolute atomic E-state index is 4.08. The Kier molecular flexibility index (Phi) is 0.961. The monoisotopic (exact) mass is 157 g/mol. The van der Waals surface area contributed by atoms with Crippen molar-refractivity contribution in [2.45, 2.75) is 6.67 Å². The van der Waals surface area contributed by atoms with Gasteiger partial charge >= 0.3 is 0 Å². The van der Waals surface area contributed by atoms with Gasteiger partial charge in [-0.05, 0) is 0 Å². The molecule has 0 radical (unpaired) electrons. The number of rotatable bonds is 0. The van der Waals surface area contributed by atoms with Gasteiger partial charge in [-0.15, -0.1) is 5.11 Å². The molecule has 0 N–H and O–H groups in total. The lowest BCUT2D eigenvalue weighted by molar-refractivity contribution is 0.782. The number of hydrogen-bond donors (Lipinski definition) is 0. The second-order valence-electron chi connectivity index (χ2n) is 2.89. The third-order valence-electron chi connectivity index (χ3n) is 2.15. The summed E-state index contributed by atoms with van der Waals surface area (Å²) in [4.78, 5) is 0. The first kappa shape index (κ1) is 5.94. The molecule has 0 saturated carbocycles. The van der Waals surface area contributed by atoms with Crippen LogP contribution in [0.3, 0.4) is 0 Å². The van der Waals surface area contributed by atoms with Crippen molar-refractivity contribution in [1.29, 1.82) is 0 Å². The molecule has 0 aliphatic carbocycles. The molecule has 2 heterocycles. The van der Waals surface area contributed by atoms with Gasteiger partial charge in [-0.2, -0.15) is 5.11 Å². The molecule has 0 spiro atoms. The number of aromatic nitrogens is 1. The second kappa shape index (κ2) is 1.94. The van der Waals surface area contributed by atoms with E-state index in [1.54, 1.807) is 0 Å². The predicted octanol–water partition coefficient (Wildman–Crippen LogP) is 2.70. The van der Waals surface area contributed by atoms with E-state index in [4.69, 9.17) is 0 Å². The Morgan fingerprint density at radius 2 is 2.17 bits per heavy atom. The largest absolute Gasteiger partial charge is 0.308 e. The first-order valence-corrected chi connectivity index (χ1v) is 3.90. The summed E-state index contributed by atoms with van der Waals surface area (Å²) in [7, 11) is 0. The molecule has 0 atom stereocenters. The van der Waals surface area contributed by atoms with Crippen LogP contribution in [-0.2, 0) is 6.67 Å². The molecule has 1 aromatic carbocycles. The molecule has 2 aromatic rings. The van der Waals surface area contributed by atoms with Gasteiger partial charge in [0.1, 0.15) is 6.67 Å². The van der Waals surface area contributed by atoms with E-state index in [2.05, 4.69) is 33.1 Å². The molecular formula is C9H7N3. The summed E-state index contributed by atoms with van der Waals surface area (Å²) in [6.07, 6.45) is 2.09. The Labute approximate surface area is 69.3 Å². The standard InChI is InChI=1S/C9H7N3/c1-2-4-8-7(3-1)5-12-6-10-11-9(8)12/h1-5H,6H2. The van der Waals surface area contributed by atoms with E-state index in [9.17, 15) is 0 Å². The Bertz CT molecular complexity index is 468. The molecule has 0 saturated heterocycles. The SMILES string of the molecule is c1ccc2c3n(cc2c1)CN=N3. The van der Waals surface area contributed by atoms with Crippen LogP contribution in [-0.4, -0.2) is 4.57 Å². The topological polar surface area (TPSA) is 29.6 Å². The van der Waals surface area contributed by atoms with Gasteiger partial charge < -0.3 is 4.57 Å². The van der Waals surface area contributed by atoms with Crippen LogP contribution in [0.25, 0.3) is 10.8 Å². The highest BCUT2D eigenvalue weighted by atomic mass is 15.3. The van der Waals surface area contributed by atoms with Gasteiger partial charge in [0.15, 0.2) is 5.82 Å². The molecular weight excluding hydrogens is 150 g/mol. The molecule has 0 fully saturated rings. The lowest BCUT2D eigenvalue weighted by atomic mass is 10.2. The van der Waals surface area contributed by atoms with Gasteiger partial charge in [-0.25, -0.2) is 0 Å². The lowest BCUT2D eigenvalue weighted by Crippen LogP contribution is -1.83. The molecule has 0 unspecified atom stereocenters. The number of benzene rings is 1. The highest BCUT2D eigenvalue weighted by Crippen LogP contribution is 2.31. The summed E-state index contributed by atoms with van der Waals surface area (Å²) in [5, 5.41) is 10.5. The van der Waals surface area contributed by atoms with Gasteiger partial charge in [-0.1, -0.05) is 24.3 Å². The van der Waals surface area contributed by atoms with Gasteiger partial charge in [-0.3, -0.25) is 0 Å². The van der Waals surface area contributed by atoms with Crippen LogP contribution in [0.5, 0.6) is 0 Å². The van der Waals surface area contributed by atoms with Gasteiger partial charge in [0.2, 0.25) is 0 Å². The van der Waals surface area contributed by atoms with E-state index in [-0.39, 0.29) is 0 Å². The summed E-state index contributed by atoms with van der Waals surface area (Å²) >= 11 is 0. The van der Waals surface area contributed by atoms with Crippen LogP contribution in [0.4, 0.5) is 5.82 Å². The maximum Gasteiger partial charge on any atom is 0.164 e. The average molecular weight is 157 g/mol. The van der Waals surface area contributed by atoms with E-state index in [0.29, 0.717) is 6.67 Å². The van der Waals surface area contributed by atoms with Crippen LogP contribution in [0.15, 0.2) is 40.7 Å². The van der Waals surface area contributed by atoms with Crippen molar-refractivity contribution in [3.63, 3.8) is 0 Å². The normalized spacial score (nSPS) is 14.0. The summed E-state index contributed by atoms with van der Waals surface area (Å²) in [6, 6.07) is 8.23. The Hall–Kier alpha value is -1.64. The van der Waals surface area contributed by atoms with Crippen molar-refractivity contribution in [3.05, 3.63) is 30.5 Å². The fourth-order valence-corrected chi connectivity index (χ4v) is 1.58. The Morgan fingerprint density at radius 3 is 3.17 bits per heavy atom. The molecule has 3 heteroatoms. The Balaban J connectivity index is 2.51. The molecule has 1 aliphatic heterocycles. The number of hydrogen-bond acceptors (Lipinski definition) is 2. The second-order valence-corrected chi connectivity index (χ2v) is 2.89. The number of nitrogens with zero attached hydrogens (tertiary/aromatic N) is 3. The number of fused-ring (bicyclic) bond motifs is 3. The minimum atomic E-state index is 0.671. The first-order chi connectivity index (χ1) is 5.95. The quantitative estimate of drug-likeness (QED) is 0.562. The van der Waals surface area contributed by atoms with Crippen LogP contribution >= 0.6 is 0 Å². The zero-order valence-electron chi connectivity index (χ0n) is 6.44. The van der Waals surface area contributed by atoms with Crippen LogP contribution in [0.1, 0.15) is 0 Å². The minimum absolute atomic E-state index is 0.671. The fourth-order valence-electron chi connectivity index (χ4n) is 1.58. The van der Waals surface area contributed by atoms with E-state index in [1.807, 2.05) is 12.1 Å². The van der Waals surface area contributed by atoms with Crippen molar-refractivity contribution in [1.82, 2.24) is 4.57 Å². The summed E-state index contributed by atoms with van der Waals surface area (Å²) in [5.41, 5.74) is 0. The molecule has 58 valence electrons. The highest BCUT2D eigenvalue weighted by Gasteiger charge is 2.10. The fraction of sp³-hybridized carbons (Fsp3) is 0.111. The minimum Gasteiger partial charge on any atom is -0.308 e. The summed E-state index contributed by atoms with van der Waals surface area (Å²) in [5.74, 6) is 0.991. The lowest BCUT2D eigenvalue weighted by Gasteiger charge is -1.87. The third-order valence-corrected chi connectivity index (χ3v) is 2.15. The third kappa shape index (κ3) is 0.605. The average Bonchev–Trinajstić information content (AvgIpc) is 2.62. The zero-order chi connectivity index (χ0) is 7.97. The zero-order valence-corrected chi connectivity index (χ0v) is 6.44. The van der Waals surface area contributed by atoms with Crippen LogP contribution < -0.4 is 0 Å². The van der Waals surface area contributed by atoms with Crippen molar-refractivity contribution in [3.8, 4) is 0 Å². The molecule has 3 nitrogen and oxygen atoms in total. The first-order valence-electron chi connectivity index (χ1n) is 3.90. The number of azo groups is 1. The molecule has 0 amide bonds. The van der Waals surface area contributed by atoms with E-state index in [1.165, 1.54) is 10.8 Å². The molecule has 12 heavy (non-hydrogen) atoms. The van der Waals surface area contributed by atoms with E-state index < -0.39 is 0 Å². The molecule has 1 aliphatic rings. The van der Waals surface area contributed by atoms with E-state index in [0.717, 1.165) is 5.82 Å². The molecule has 0 bridgehead atoms. The van der Waals surface area contributed by atoms with Crippen molar-refractivity contribution >= 4 is 16.6 Å². The highest BCUT2D eigenvalue weighted by molar-refractivity contribution is 5.92.